The van der Waals surface area contributed by atoms with Crippen LogP contribution < -0.4 is 0 Å². The molecular formula is C20H27IOSi. The molecule has 0 saturated heterocycles. The van der Waals surface area contributed by atoms with Crippen molar-refractivity contribution < 1.29 is 4.43 Å². The van der Waals surface area contributed by atoms with Gasteiger partial charge in [0.15, 0.2) is 8.32 Å². The Labute approximate surface area is 155 Å². The zero-order valence-electron chi connectivity index (χ0n) is 15.0. The Bertz CT molecular complexity index is 709. The van der Waals surface area contributed by atoms with E-state index in [0.29, 0.717) is 0 Å². The standard InChI is InChI=1S/C20H27IOSi/c1-15(21)13-19(22-23(5,6)20(2,3)4)18-12-11-16-9-7-8-10-17(16)14-18/h7-14,19H,1-6H3. The normalized spacial score (nSPS) is 15.0. The molecule has 0 bridgehead atoms. The Balaban J connectivity index is 2.43. The van der Waals surface area contributed by atoms with Crippen LogP contribution in [0.3, 0.4) is 0 Å². The molecule has 1 atom stereocenters. The average molecular weight is 438 g/mol. The monoisotopic (exact) mass is 438 g/mol. The van der Waals surface area contributed by atoms with Gasteiger partial charge < -0.3 is 4.43 Å². The molecule has 2 aromatic carbocycles. The summed E-state index contributed by atoms with van der Waals surface area (Å²) < 4.78 is 7.97. The largest absolute Gasteiger partial charge is 0.406 e. The number of hydrogen-bond acceptors (Lipinski definition) is 1. The third kappa shape index (κ3) is 4.67. The molecule has 0 amide bonds. The van der Waals surface area contributed by atoms with Crippen LogP contribution in [0.1, 0.15) is 39.4 Å². The molecule has 0 fully saturated rings. The molecule has 0 radical (unpaired) electrons. The van der Waals surface area contributed by atoms with E-state index in [2.05, 4.69) is 112 Å². The van der Waals surface area contributed by atoms with Crippen LogP contribution in [0, 0.1) is 0 Å². The highest BCUT2D eigenvalue weighted by atomic mass is 127. The fraction of sp³-hybridized carbons (Fsp3) is 0.400. The summed E-state index contributed by atoms with van der Waals surface area (Å²) in [7, 11) is -1.83. The topological polar surface area (TPSA) is 9.23 Å². The van der Waals surface area contributed by atoms with E-state index in [1.807, 2.05) is 0 Å². The zero-order chi connectivity index (χ0) is 17.3. The molecule has 0 aromatic heterocycles. The summed E-state index contributed by atoms with van der Waals surface area (Å²) in [5.74, 6) is 0. The van der Waals surface area contributed by atoms with Crippen molar-refractivity contribution in [2.75, 3.05) is 0 Å². The fourth-order valence-electron chi connectivity index (χ4n) is 2.29. The fourth-order valence-corrected chi connectivity index (χ4v) is 3.80. The lowest BCUT2D eigenvalue weighted by Crippen LogP contribution is -2.41. The predicted octanol–water partition coefficient (Wildman–Crippen LogP) is 7.24. The summed E-state index contributed by atoms with van der Waals surface area (Å²) in [6, 6.07) is 15.2. The predicted molar refractivity (Wildman–Crippen MR) is 113 cm³/mol. The Morgan fingerprint density at radius 3 is 2.26 bits per heavy atom. The Morgan fingerprint density at radius 1 is 1.09 bits per heavy atom. The van der Waals surface area contributed by atoms with E-state index >= 15 is 0 Å². The SMILES string of the molecule is CC(I)=CC(O[Si](C)(C)C(C)(C)C)c1ccc2ccccc2c1. The van der Waals surface area contributed by atoms with Crippen LogP contribution >= 0.6 is 22.6 Å². The molecule has 0 aliphatic rings. The van der Waals surface area contributed by atoms with Crippen molar-refractivity contribution in [3.05, 3.63) is 57.7 Å². The van der Waals surface area contributed by atoms with E-state index < -0.39 is 8.32 Å². The minimum absolute atomic E-state index is 0.0254. The number of halogens is 1. The summed E-state index contributed by atoms with van der Waals surface area (Å²) in [5, 5.41) is 2.75. The van der Waals surface area contributed by atoms with E-state index in [4.69, 9.17) is 4.43 Å². The lowest BCUT2D eigenvalue weighted by molar-refractivity contribution is 0.229. The first kappa shape index (κ1) is 18.7. The second-order valence-corrected chi connectivity index (χ2v) is 14.1. The van der Waals surface area contributed by atoms with Crippen molar-refractivity contribution in [3.63, 3.8) is 0 Å². The first-order valence-corrected chi connectivity index (χ1v) is 12.1. The maximum atomic E-state index is 6.71. The third-order valence-corrected chi connectivity index (χ3v) is 9.53. The van der Waals surface area contributed by atoms with Crippen molar-refractivity contribution in [1.82, 2.24) is 0 Å². The van der Waals surface area contributed by atoms with E-state index in [1.165, 1.54) is 19.9 Å². The van der Waals surface area contributed by atoms with E-state index in [0.717, 1.165) is 0 Å². The van der Waals surface area contributed by atoms with Crippen LogP contribution in [0.25, 0.3) is 10.8 Å². The van der Waals surface area contributed by atoms with E-state index in [1.54, 1.807) is 0 Å². The van der Waals surface area contributed by atoms with Gasteiger partial charge in [0.05, 0.1) is 6.10 Å². The number of benzene rings is 2. The molecule has 0 heterocycles. The van der Waals surface area contributed by atoms with Crippen LogP contribution in [0.2, 0.25) is 18.1 Å². The summed E-state index contributed by atoms with van der Waals surface area (Å²) >= 11 is 2.37. The van der Waals surface area contributed by atoms with Gasteiger partial charge in [-0.1, -0.05) is 57.2 Å². The van der Waals surface area contributed by atoms with Gasteiger partial charge in [0, 0.05) is 0 Å². The Hall–Kier alpha value is -0.653. The quantitative estimate of drug-likeness (QED) is 0.361. The van der Waals surface area contributed by atoms with Gasteiger partial charge in [-0.2, -0.15) is 0 Å². The molecule has 0 aliphatic heterocycles. The number of rotatable bonds is 4. The number of hydrogen-bond donors (Lipinski definition) is 0. The van der Waals surface area contributed by atoms with Crippen molar-refractivity contribution >= 4 is 41.7 Å². The molecule has 0 saturated carbocycles. The molecule has 124 valence electrons. The van der Waals surface area contributed by atoms with Crippen LogP contribution in [-0.2, 0) is 4.43 Å². The lowest BCUT2D eigenvalue weighted by Gasteiger charge is -2.39. The maximum Gasteiger partial charge on any atom is 0.193 e. The number of fused-ring (bicyclic) bond motifs is 1. The van der Waals surface area contributed by atoms with Crippen LogP contribution in [0.5, 0.6) is 0 Å². The van der Waals surface area contributed by atoms with Gasteiger partial charge in [0.25, 0.3) is 0 Å². The van der Waals surface area contributed by atoms with Crippen LogP contribution in [-0.4, -0.2) is 8.32 Å². The van der Waals surface area contributed by atoms with Gasteiger partial charge >= 0.3 is 0 Å². The minimum Gasteiger partial charge on any atom is -0.406 e. The molecule has 0 aliphatic carbocycles. The molecule has 2 aromatic rings. The highest BCUT2D eigenvalue weighted by molar-refractivity contribution is 14.1. The van der Waals surface area contributed by atoms with Gasteiger partial charge in [-0.25, -0.2) is 0 Å². The van der Waals surface area contributed by atoms with Gasteiger partial charge in [-0.05, 0) is 79.7 Å². The molecule has 1 nitrogen and oxygen atoms in total. The number of allylic oxidation sites excluding steroid dienone is 1. The van der Waals surface area contributed by atoms with Crippen molar-refractivity contribution in [3.8, 4) is 0 Å². The van der Waals surface area contributed by atoms with Crippen LogP contribution in [0.15, 0.2) is 52.1 Å². The average Bonchev–Trinajstić information content (AvgIpc) is 2.44. The summed E-state index contributed by atoms with van der Waals surface area (Å²) in [6.07, 6.45) is 2.27. The molecule has 0 N–H and O–H groups in total. The Kier molecular flexibility index (Phi) is 5.75. The zero-order valence-corrected chi connectivity index (χ0v) is 18.1. The second kappa shape index (κ2) is 7.07. The van der Waals surface area contributed by atoms with Crippen molar-refractivity contribution in [2.45, 2.75) is 51.9 Å². The van der Waals surface area contributed by atoms with Gasteiger partial charge in [-0.15, -0.1) is 0 Å². The maximum absolute atomic E-state index is 6.71. The lowest BCUT2D eigenvalue weighted by atomic mass is 10.0. The highest BCUT2D eigenvalue weighted by Gasteiger charge is 2.39. The molecule has 2 rings (SSSR count). The Morgan fingerprint density at radius 2 is 1.70 bits per heavy atom. The first-order chi connectivity index (χ1) is 10.6. The summed E-state index contributed by atoms with van der Waals surface area (Å²) in [6.45, 7) is 13.6. The van der Waals surface area contributed by atoms with Gasteiger partial charge in [-0.3, -0.25) is 0 Å². The smallest absolute Gasteiger partial charge is 0.193 e. The van der Waals surface area contributed by atoms with Crippen molar-refractivity contribution in [2.24, 2.45) is 0 Å². The third-order valence-electron chi connectivity index (χ3n) is 4.71. The molecule has 23 heavy (non-hydrogen) atoms. The van der Waals surface area contributed by atoms with Crippen molar-refractivity contribution in [1.29, 1.82) is 0 Å². The van der Waals surface area contributed by atoms with Gasteiger partial charge in [0.2, 0.25) is 0 Å². The molecule has 0 spiro atoms. The summed E-state index contributed by atoms with van der Waals surface area (Å²) in [5.41, 5.74) is 1.24. The summed E-state index contributed by atoms with van der Waals surface area (Å²) in [4.78, 5) is 0. The van der Waals surface area contributed by atoms with E-state index in [-0.39, 0.29) is 11.1 Å². The minimum atomic E-state index is -1.83. The molecule has 3 heteroatoms. The van der Waals surface area contributed by atoms with Gasteiger partial charge in [0.1, 0.15) is 0 Å². The second-order valence-electron chi connectivity index (χ2n) is 7.66. The van der Waals surface area contributed by atoms with Crippen LogP contribution in [0.4, 0.5) is 0 Å². The highest BCUT2D eigenvalue weighted by Crippen LogP contribution is 2.40. The van der Waals surface area contributed by atoms with E-state index in [9.17, 15) is 0 Å². The molecule has 1 unspecified atom stereocenters. The molecular weight excluding hydrogens is 411 g/mol. The first-order valence-electron chi connectivity index (χ1n) is 8.10.